The molecule has 15 heavy (non-hydrogen) atoms. The molecule has 1 aromatic heterocycles. The van der Waals surface area contributed by atoms with Crippen LogP contribution in [0.15, 0.2) is 34.0 Å². The summed E-state index contributed by atoms with van der Waals surface area (Å²) >= 11 is 0. The minimum atomic E-state index is -0.470. The van der Waals surface area contributed by atoms with E-state index in [1.54, 1.807) is 0 Å². The molecule has 1 fully saturated rings. The van der Waals surface area contributed by atoms with Gasteiger partial charge in [-0.2, -0.15) is 0 Å². The molecule has 1 aromatic rings. The van der Waals surface area contributed by atoms with Gasteiger partial charge in [-0.05, 0) is 18.9 Å². The number of hydrogen-bond donors (Lipinski definition) is 1. The Bertz CT molecular complexity index is 500. The highest BCUT2D eigenvalue weighted by Crippen LogP contribution is 2.30. The van der Waals surface area contributed by atoms with Crippen LogP contribution in [0.25, 0.3) is 0 Å². The van der Waals surface area contributed by atoms with Crippen molar-refractivity contribution < 1.29 is 4.74 Å². The van der Waals surface area contributed by atoms with Crippen molar-refractivity contribution in [2.75, 3.05) is 0 Å². The Hall–Kier alpha value is -1.62. The molecule has 0 amide bonds. The van der Waals surface area contributed by atoms with Crippen molar-refractivity contribution in [1.29, 1.82) is 0 Å². The van der Waals surface area contributed by atoms with Gasteiger partial charge in [-0.3, -0.25) is 14.3 Å². The molecule has 0 spiro atoms. The van der Waals surface area contributed by atoms with Crippen molar-refractivity contribution in [1.82, 2.24) is 9.55 Å². The fraction of sp³-hybridized carbons (Fsp3) is 0.400. The van der Waals surface area contributed by atoms with E-state index in [0.29, 0.717) is 0 Å². The Morgan fingerprint density at radius 1 is 1.60 bits per heavy atom. The molecule has 1 saturated heterocycles. The summed E-state index contributed by atoms with van der Waals surface area (Å²) in [6.07, 6.45) is 1.76. The molecule has 0 aromatic carbocycles. The molecule has 2 rings (SSSR count). The minimum Gasteiger partial charge on any atom is -0.351 e. The molecule has 5 nitrogen and oxygen atoms in total. The molecule has 2 heterocycles. The van der Waals surface area contributed by atoms with E-state index >= 15 is 0 Å². The summed E-state index contributed by atoms with van der Waals surface area (Å²) in [5, 5.41) is 0. The van der Waals surface area contributed by atoms with Crippen LogP contribution in [0.3, 0.4) is 0 Å². The van der Waals surface area contributed by atoms with Gasteiger partial charge in [-0.25, -0.2) is 4.79 Å². The van der Waals surface area contributed by atoms with Gasteiger partial charge in [-0.15, -0.1) is 0 Å². The second-order valence-corrected chi connectivity index (χ2v) is 3.68. The van der Waals surface area contributed by atoms with Crippen LogP contribution in [-0.2, 0) is 4.74 Å². The lowest BCUT2D eigenvalue weighted by molar-refractivity contribution is 0.0195. The molecule has 0 bridgehead atoms. The topological polar surface area (TPSA) is 64.1 Å². The van der Waals surface area contributed by atoms with Crippen molar-refractivity contribution >= 4 is 0 Å². The number of aromatic nitrogens is 2. The zero-order valence-electron chi connectivity index (χ0n) is 8.40. The van der Waals surface area contributed by atoms with Gasteiger partial charge in [0.1, 0.15) is 0 Å². The van der Waals surface area contributed by atoms with Gasteiger partial charge in [0.05, 0.1) is 6.10 Å². The largest absolute Gasteiger partial charge is 0.351 e. The third kappa shape index (κ3) is 1.78. The Balaban J connectivity index is 2.42. The summed E-state index contributed by atoms with van der Waals surface area (Å²) in [6, 6.07) is 1.29. The molecule has 0 unspecified atom stereocenters. The number of hydrogen-bond acceptors (Lipinski definition) is 3. The zero-order chi connectivity index (χ0) is 11.0. The van der Waals surface area contributed by atoms with Gasteiger partial charge in [0.15, 0.2) is 6.23 Å². The Morgan fingerprint density at radius 3 is 2.87 bits per heavy atom. The predicted molar refractivity (Wildman–Crippen MR) is 54.7 cm³/mol. The molecular weight excluding hydrogens is 196 g/mol. The smallest absolute Gasteiger partial charge is 0.330 e. The minimum absolute atomic E-state index is 0.0568. The number of nitrogens with zero attached hydrogens (tertiary/aromatic N) is 1. The number of nitrogens with one attached hydrogen (secondary N) is 1. The fourth-order valence-corrected chi connectivity index (χ4v) is 1.71. The fourth-order valence-electron chi connectivity index (χ4n) is 1.71. The van der Waals surface area contributed by atoms with Gasteiger partial charge in [0, 0.05) is 12.3 Å². The summed E-state index contributed by atoms with van der Waals surface area (Å²) in [7, 11) is 0. The lowest BCUT2D eigenvalue weighted by Gasteiger charge is -2.14. The summed E-state index contributed by atoms with van der Waals surface area (Å²) in [6.45, 7) is 5.77. The van der Waals surface area contributed by atoms with E-state index in [-0.39, 0.29) is 6.10 Å². The number of ether oxygens (including phenoxy) is 1. The monoisotopic (exact) mass is 208 g/mol. The van der Waals surface area contributed by atoms with E-state index in [1.807, 2.05) is 6.92 Å². The van der Waals surface area contributed by atoms with E-state index in [2.05, 4.69) is 11.6 Å². The molecule has 0 saturated carbocycles. The second kappa shape index (κ2) is 3.51. The van der Waals surface area contributed by atoms with Crippen LogP contribution >= 0.6 is 0 Å². The number of aromatic amines is 1. The molecule has 0 aliphatic carbocycles. The van der Waals surface area contributed by atoms with Crippen LogP contribution in [0, 0.1) is 0 Å². The SMILES string of the molecule is C=C1C[C@@H](C)O[C@H]1n1ccc(=O)[nH]c1=O. The third-order valence-electron chi connectivity index (χ3n) is 2.36. The molecule has 0 radical (unpaired) electrons. The molecule has 80 valence electrons. The first-order chi connectivity index (χ1) is 7.08. The van der Waals surface area contributed by atoms with Crippen LogP contribution in [0.4, 0.5) is 0 Å². The molecular formula is C10H12N2O3. The normalized spacial score (nSPS) is 25.8. The third-order valence-corrected chi connectivity index (χ3v) is 2.36. The van der Waals surface area contributed by atoms with E-state index in [0.717, 1.165) is 12.0 Å². The van der Waals surface area contributed by atoms with Crippen molar-refractivity contribution in [3.05, 3.63) is 45.3 Å². The van der Waals surface area contributed by atoms with Crippen LogP contribution in [0.1, 0.15) is 19.6 Å². The maximum Gasteiger partial charge on any atom is 0.330 e. The highest BCUT2D eigenvalue weighted by Gasteiger charge is 2.27. The predicted octanol–water partition coefficient (Wildman–Crippen LogP) is 0.400. The second-order valence-electron chi connectivity index (χ2n) is 3.68. The Kier molecular flexibility index (Phi) is 2.32. The van der Waals surface area contributed by atoms with E-state index in [9.17, 15) is 9.59 Å². The van der Waals surface area contributed by atoms with Crippen LogP contribution in [0.5, 0.6) is 0 Å². The first-order valence-electron chi connectivity index (χ1n) is 4.72. The lowest BCUT2D eigenvalue weighted by Crippen LogP contribution is -2.31. The molecule has 5 heteroatoms. The molecule has 1 N–H and O–H groups in total. The van der Waals surface area contributed by atoms with Crippen LogP contribution < -0.4 is 11.2 Å². The standard InChI is InChI=1S/C10H12N2O3/c1-6-5-7(2)15-9(6)12-4-3-8(13)11-10(12)14/h3-4,7,9H,1,5H2,2H3,(H,11,13,14)/t7-,9-/m1/s1. The average Bonchev–Trinajstić information content (AvgIpc) is 2.45. The molecule has 1 aliphatic heterocycles. The summed E-state index contributed by atoms with van der Waals surface area (Å²) in [5.74, 6) is 0. The van der Waals surface area contributed by atoms with Crippen molar-refractivity contribution in [2.24, 2.45) is 0 Å². The van der Waals surface area contributed by atoms with E-state index in [4.69, 9.17) is 4.74 Å². The Labute approximate surface area is 86.0 Å². The summed E-state index contributed by atoms with van der Waals surface area (Å²) in [5.41, 5.74) is -0.0349. The lowest BCUT2D eigenvalue weighted by atomic mass is 10.2. The van der Waals surface area contributed by atoms with E-state index < -0.39 is 17.5 Å². The van der Waals surface area contributed by atoms with Crippen molar-refractivity contribution in [2.45, 2.75) is 25.7 Å². The maximum absolute atomic E-state index is 11.5. The van der Waals surface area contributed by atoms with Crippen molar-refractivity contribution in [3.63, 3.8) is 0 Å². The van der Waals surface area contributed by atoms with Gasteiger partial charge in [0.25, 0.3) is 5.56 Å². The maximum atomic E-state index is 11.5. The van der Waals surface area contributed by atoms with E-state index in [1.165, 1.54) is 16.8 Å². The average molecular weight is 208 g/mol. The van der Waals surface area contributed by atoms with Crippen molar-refractivity contribution in [3.8, 4) is 0 Å². The van der Waals surface area contributed by atoms with Crippen LogP contribution in [-0.4, -0.2) is 15.7 Å². The van der Waals surface area contributed by atoms with Crippen LogP contribution in [0.2, 0.25) is 0 Å². The van der Waals surface area contributed by atoms with Gasteiger partial charge in [0.2, 0.25) is 0 Å². The number of rotatable bonds is 1. The first-order valence-corrected chi connectivity index (χ1v) is 4.72. The zero-order valence-corrected chi connectivity index (χ0v) is 8.40. The molecule has 2 atom stereocenters. The summed E-state index contributed by atoms with van der Waals surface area (Å²) < 4.78 is 6.86. The quantitative estimate of drug-likeness (QED) is 0.679. The first kappa shape index (κ1) is 9.92. The van der Waals surface area contributed by atoms with Gasteiger partial charge in [-0.1, -0.05) is 6.58 Å². The highest BCUT2D eigenvalue weighted by atomic mass is 16.5. The highest BCUT2D eigenvalue weighted by molar-refractivity contribution is 5.07. The van der Waals surface area contributed by atoms with Gasteiger partial charge < -0.3 is 4.74 Å². The molecule has 1 aliphatic rings. The van der Waals surface area contributed by atoms with Gasteiger partial charge >= 0.3 is 5.69 Å². The number of H-pyrrole nitrogens is 1. The Morgan fingerprint density at radius 2 is 2.33 bits per heavy atom. The summed E-state index contributed by atoms with van der Waals surface area (Å²) in [4.78, 5) is 24.5.